The van der Waals surface area contributed by atoms with Crippen molar-refractivity contribution in [2.45, 2.75) is 25.6 Å². The van der Waals surface area contributed by atoms with E-state index in [0.29, 0.717) is 0 Å². The summed E-state index contributed by atoms with van der Waals surface area (Å²) in [5.41, 5.74) is 0. The Morgan fingerprint density at radius 1 is 1.23 bits per heavy atom. The monoisotopic (exact) mass is 190 g/mol. The topological polar surface area (TPSA) is 0 Å². The molecule has 1 heteroatoms. The largest absolute Gasteiger partial charge is 0.103 e. The molecule has 0 radical (unpaired) electrons. The molecule has 0 unspecified atom stereocenters. The van der Waals surface area contributed by atoms with Crippen LogP contribution in [0.15, 0.2) is 43.0 Å². The average Bonchev–Trinajstić information content (AvgIpc) is 2.16. The van der Waals surface area contributed by atoms with E-state index in [1.807, 2.05) is 6.08 Å². The highest BCUT2D eigenvalue weighted by Crippen LogP contribution is 2.12. The molecule has 13 heavy (non-hydrogen) atoms. The van der Waals surface area contributed by atoms with Crippen LogP contribution in [0.1, 0.15) is 6.42 Å². The van der Waals surface area contributed by atoms with Gasteiger partial charge in [0.25, 0.3) is 0 Å². The molecule has 0 nitrogen and oxygen atoms in total. The standard InChI is InChI=1S/C12H18Si/c1-4-5-11-13(2,3)12-9-7-6-8-10-12/h4,6-10H,1,5,11H2,2-3H3. The Labute approximate surface area is 82.3 Å². The number of benzene rings is 1. The Morgan fingerprint density at radius 3 is 2.38 bits per heavy atom. The van der Waals surface area contributed by atoms with Crippen LogP contribution in [0.3, 0.4) is 0 Å². The van der Waals surface area contributed by atoms with Crippen molar-refractivity contribution >= 4 is 13.3 Å². The molecule has 0 fully saturated rings. The fraction of sp³-hybridized carbons (Fsp3) is 0.333. The molecular formula is C12H18Si. The van der Waals surface area contributed by atoms with Crippen LogP contribution in [0.25, 0.3) is 0 Å². The van der Waals surface area contributed by atoms with E-state index in [1.54, 1.807) is 5.19 Å². The van der Waals surface area contributed by atoms with Gasteiger partial charge in [-0.3, -0.25) is 0 Å². The van der Waals surface area contributed by atoms with Gasteiger partial charge < -0.3 is 0 Å². The molecular weight excluding hydrogens is 172 g/mol. The van der Waals surface area contributed by atoms with Gasteiger partial charge in [-0.25, -0.2) is 0 Å². The van der Waals surface area contributed by atoms with Crippen LogP contribution in [0.5, 0.6) is 0 Å². The predicted molar refractivity (Wildman–Crippen MR) is 63.2 cm³/mol. The van der Waals surface area contributed by atoms with Gasteiger partial charge in [-0.15, -0.1) is 6.58 Å². The summed E-state index contributed by atoms with van der Waals surface area (Å²) in [6.45, 7) is 8.62. The van der Waals surface area contributed by atoms with Crippen LogP contribution < -0.4 is 5.19 Å². The molecule has 0 aliphatic carbocycles. The van der Waals surface area contributed by atoms with Crippen molar-refractivity contribution < 1.29 is 0 Å². The molecule has 0 amide bonds. The van der Waals surface area contributed by atoms with Gasteiger partial charge in [0.05, 0.1) is 8.07 Å². The number of hydrogen-bond donors (Lipinski definition) is 0. The van der Waals surface area contributed by atoms with Crippen molar-refractivity contribution in [1.29, 1.82) is 0 Å². The molecule has 0 bridgehead atoms. The summed E-state index contributed by atoms with van der Waals surface area (Å²) in [7, 11) is -1.17. The normalized spacial score (nSPS) is 11.2. The van der Waals surface area contributed by atoms with E-state index in [9.17, 15) is 0 Å². The molecule has 1 aromatic carbocycles. The minimum absolute atomic E-state index is 1.15. The molecule has 0 saturated heterocycles. The first-order chi connectivity index (χ1) is 6.17. The maximum atomic E-state index is 3.78. The van der Waals surface area contributed by atoms with Crippen molar-refractivity contribution in [1.82, 2.24) is 0 Å². The minimum atomic E-state index is -1.17. The van der Waals surface area contributed by atoms with E-state index in [0.717, 1.165) is 6.42 Å². The number of hydrogen-bond acceptors (Lipinski definition) is 0. The minimum Gasteiger partial charge on any atom is -0.103 e. The molecule has 0 N–H and O–H groups in total. The van der Waals surface area contributed by atoms with Crippen LogP contribution in [0.2, 0.25) is 19.1 Å². The molecule has 1 aromatic rings. The second-order valence-electron chi connectivity index (χ2n) is 4.08. The highest BCUT2D eigenvalue weighted by Gasteiger charge is 2.21. The fourth-order valence-corrected chi connectivity index (χ4v) is 3.81. The Bertz CT molecular complexity index is 262. The van der Waals surface area contributed by atoms with Crippen LogP contribution in [-0.2, 0) is 0 Å². The van der Waals surface area contributed by atoms with Gasteiger partial charge in [0, 0.05) is 0 Å². The van der Waals surface area contributed by atoms with Gasteiger partial charge in [0.15, 0.2) is 0 Å². The molecule has 0 aliphatic heterocycles. The van der Waals surface area contributed by atoms with Gasteiger partial charge in [-0.05, 0) is 6.42 Å². The van der Waals surface area contributed by atoms with Gasteiger partial charge in [-0.1, -0.05) is 60.7 Å². The van der Waals surface area contributed by atoms with Gasteiger partial charge >= 0.3 is 0 Å². The van der Waals surface area contributed by atoms with E-state index >= 15 is 0 Å². The molecule has 0 aromatic heterocycles. The predicted octanol–water partition coefficient (Wildman–Crippen LogP) is 3.18. The molecule has 0 atom stereocenters. The lowest BCUT2D eigenvalue weighted by molar-refractivity contribution is 1.17. The molecule has 0 spiro atoms. The third-order valence-corrected chi connectivity index (χ3v) is 5.96. The first-order valence-electron chi connectivity index (χ1n) is 4.83. The Morgan fingerprint density at radius 2 is 1.85 bits per heavy atom. The first kappa shape index (κ1) is 10.3. The molecule has 0 aliphatic rings. The molecule has 0 saturated carbocycles. The van der Waals surface area contributed by atoms with Crippen LogP contribution in [0, 0.1) is 0 Å². The zero-order valence-electron chi connectivity index (χ0n) is 8.59. The lowest BCUT2D eigenvalue weighted by Gasteiger charge is -2.21. The number of allylic oxidation sites excluding steroid dienone is 1. The summed E-state index contributed by atoms with van der Waals surface area (Å²) in [5, 5.41) is 1.55. The highest BCUT2D eigenvalue weighted by atomic mass is 28.3. The van der Waals surface area contributed by atoms with Gasteiger partial charge in [-0.2, -0.15) is 0 Å². The summed E-state index contributed by atoms with van der Waals surface area (Å²) in [6.07, 6.45) is 3.17. The first-order valence-corrected chi connectivity index (χ1v) is 8.04. The smallest absolute Gasteiger partial charge is 0.0809 e. The molecule has 1 rings (SSSR count). The van der Waals surface area contributed by atoms with E-state index in [1.165, 1.54) is 6.04 Å². The zero-order chi connectivity index (χ0) is 9.73. The molecule has 70 valence electrons. The number of rotatable bonds is 4. The highest BCUT2D eigenvalue weighted by molar-refractivity contribution is 6.89. The van der Waals surface area contributed by atoms with E-state index in [2.05, 4.69) is 50.0 Å². The van der Waals surface area contributed by atoms with Crippen molar-refractivity contribution in [3.05, 3.63) is 43.0 Å². The molecule has 0 heterocycles. The van der Waals surface area contributed by atoms with Crippen LogP contribution >= 0.6 is 0 Å². The zero-order valence-corrected chi connectivity index (χ0v) is 9.59. The maximum Gasteiger partial charge on any atom is 0.0809 e. The van der Waals surface area contributed by atoms with Gasteiger partial charge in [0.2, 0.25) is 0 Å². The Kier molecular flexibility index (Phi) is 3.49. The van der Waals surface area contributed by atoms with Crippen molar-refractivity contribution in [2.75, 3.05) is 0 Å². The summed E-state index contributed by atoms with van der Waals surface area (Å²) in [6, 6.07) is 12.2. The summed E-state index contributed by atoms with van der Waals surface area (Å²) in [4.78, 5) is 0. The van der Waals surface area contributed by atoms with Crippen LogP contribution in [-0.4, -0.2) is 8.07 Å². The maximum absolute atomic E-state index is 3.78. The lowest BCUT2D eigenvalue weighted by atomic mass is 10.4. The van der Waals surface area contributed by atoms with E-state index < -0.39 is 8.07 Å². The fourth-order valence-electron chi connectivity index (χ4n) is 1.50. The second-order valence-corrected chi connectivity index (χ2v) is 8.92. The Balaban J connectivity index is 2.74. The van der Waals surface area contributed by atoms with Crippen molar-refractivity contribution in [2.24, 2.45) is 0 Å². The van der Waals surface area contributed by atoms with E-state index in [-0.39, 0.29) is 0 Å². The third kappa shape index (κ3) is 2.85. The average molecular weight is 190 g/mol. The third-order valence-electron chi connectivity index (χ3n) is 2.53. The van der Waals surface area contributed by atoms with E-state index in [4.69, 9.17) is 0 Å². The summed E-state index contributed by atoms with van der Waals surface area (Å²) < 4.78 is 0. The van der Waals surface area contributed by atoms with Crippen LogP contribution in [0.4, 0.5) is 0 Å². The van der Waals surface area contributed by atoms with Gasteiger partial charge in [0.1, 0.15) is 0 Å². The second kappa shape index (κ2) is 4.42. The lowest BCUT2D eigenvalue weighted by Crippen LogP contribution is -2.40. The van der Waals surface area contributed by atoms with Crippen molar-refractivity contribution in [3.63, 3.8) is 0 Å². The SMILES string of the molecule is C=CCC[Si](C)(C)c1ccccc1. The summed E-state index contributed by atoms with van der Waals surface area (Å²) in [5.74, 6) is 0. The quantitative estimate of drug-likeness (QED) is 0.505. The Hall–Kier alpha value is -0.823. The van der Waals surface area contributed by atoms with Crippen molar-refractivity contribution in [3.8, 4) is 0 Å². The summed E-state index contributed by atoms with van der Waals surface area (Å²) >= 11 is 0.